The highest BCUT2D eigenvalue weighted by Crippen LogP contribution is 2.39. The summed E-state index contributed by atoms with van der Waals surface area (Å²) in [4.78, 5) is 11.0. The van der Waals surface area contributed by atoms with E-state index in [9.17, 15) is 26.7 Å². The van der Waals surface area contributed by atoms with Crippen LogP contribution in [0.1, 0.15) is 34.8 Å². The van der Waals surface area contributed by atoms with E-state index in [0.717, 1.165) is 6.92 Å². The predicted molar refractivity (Wildman–Crippen MR) is 51.4 cm³/mol. The number of alkyl halides is 5. The van der Waals surface area contributed by atoms with E-state index < -0.39 is 40.1 Å². The molecule has 0 aromatic heterocycles. The first-order chi connectivity index (χ1) is 7.64. The Morgan fingerprint density at radius 3 is 2.18 bits per heavy atom. The van der Waals surface area contributed by atoms with Crippen LogP contribution in [0.25, 0.3) is 0 Å². The van der Waals surface area contributed by atoms with Crippen LogP contribution in [0.5, 0.6) is 0 Å². The van der Waals surface area contributed by atoms with Gasteiger partial charge >= 0.3 is 6.18 Å². The van der Waals surface area contributed by atoms with Crippen molar-refractivity contribution in [2.24, 2.45) is 0 Å². The Hall–Kier alpha value is -1.17. The number of carbonyl (C=O) groups is 1. The number of rotatable bonds is 2. The van der Waals surface area contributed by atoms with Crippen molar-refractivity contribution >= 4 is 17.4 Å². The molecule has 0 aliphatic rings. The monoisotopic (exact) mass is 272 g/mol. The molecule has 1 nitrogen and oxygen atoms in total. The molecule has 0 aliphatic heterocycles. The second-order valence-corrected chi connectivity index (χ2v) is 3.69. The summed E-state index contributed by atoms with van der Waals surface area (Å²) in [6, 6.07) is 1.03. The summed E-state index contributed by atoms with van der Waals surface area (Å²) in [6.07, 6.45) is -7.86. The Balaban J connectivity index is 3.56. The molecule has 1 aromatic carbocycles. The van der Waals surface area contributed by atoms with Crippen molar-refractivity contribution in [1.82, 2.24) is 0 Å². The number of carbonyl (C=O) groups excluding carboxylic acids is 1. The van der Waals surface area contributed by atoms with Gasteiger partial charge in [-0.1, -0.05) is 11.6 Å². The highest BCUT2D eigenvalue weighted by atomic mass is 35.5. The zero-order chi connectivity index (χ0) is 13.4. The molecule has 0 heterocycles. The number of ketones is 1. The van der Waals surface area contributed by atoms with Gasteiger partial charge in [0.2, 0.25) is 0 Å². The van der Waals surface area contributed by atoms with Crippen LogP contribution in [0.15, 0.2) is 12.1 Å². The second kappa shape index (κ2) is 4.60. The first-order valence-electron chi connectivity index (χ1n) is 4.34. The minimum Gasteiger partial charge on any atom is -0.294 e. The lowest BCUT2D eigenvalue weighted by Crippen LogP contribution is -2.13. The third-order valence-electron chi connectivity index (χ3n) is 2.03. The van der Waals surface area contributed by atoms with E-state index >= 15 is 0 Å². The van der Waals surface area contributed by atoms with Crippen LogP contribution in [-0.2, 0) is 6.18 Å². The zero-order valence-electron chi connectivity index (χ0n) is 8.41. The molecule has 0 fully saturated rings. The summed E-state index contributed by atoms with van der Waals surface area (Å²) >= 11 is 5.30. The lowest BCUT2D eigenvalue weighted by molar-refractivity contribution is -0.137. The summed E-state index contributed by atoms with van der Waals surface area (Å²) in [7, 11) is 0. The molecule has 0 saturated heterocycles. The summed E-state index contributed by atoms with van der Waals surface area (Å²) in [5.74, 6) is -0.971. The summed E-state index contributed by atoms with van der Waals surface area (Å²) in [5, 5.41) is -0.902. The number of halogens is 6. The van der Waals surface area contributed by atoms with Gasteiger partial charge in [0.15, 0.2) is 5.78 Å². The molecule has 0 amide bonds. The van der Waals surface area contributed by atoms with E-state index in [1.54, 1.807) is 0 Å². The molecule has 0 radical (unpaired) electrons. The molecule has 0 N–H and O–H groups in total. The van der Waals surface area contributed by atoms with Crippen molar-refractivity contribution in [3.8, 4) is 0 Å². The van der Waals surface area contributed by atoms with Crippen LogP contribution >= 0.6 is 11.6 Å². The first kappa shape index (κ1) is 13.9. The van der Waals surface area contributed by atoms with Crippen molar-refractivity contribution in [3.05, 3.63) is 33.8 Å². The van der Waals surface area contributed by atoms with Crippen LogP contribution in [0.4, 0.5) is 22.0 Å². The van der Waals surface area contributed by atoms with Crippen molar-refractivity contribution in [2.75, 3.05) is 0 Å². The topological polar surface area (TPSA) is 17.1 Å². The Morgan fingerprint density at radius 2 is 1.82 bits per heavy atom. The fraction of sp³-hybridized carbons (Fsp3) is 0.300. The van der Waals surface area contributed by atoms with Crippen molar-refractivity contribution in [2.45, 2.75) is 19.5 Å². The molecule has 0 aliphatic carbocycles. The molecule has 0 bridgehead atoms. The van der Waals surface area contributed by atoms with Crippen molar-refractivity contribution < 1.29 is 26.7 Å². The van der Waals surface area contributed by atoms with Crippen LogP contribution in [0.3, 0.4) is 0 Å². The number of Topliss-reactive ketones (excluding diaryl/α,β-unsaturated/α-hetero) is 1. The third-order valence-corrected chi connectivity index (χ3v) is 2.33. The van der Waals surface area contributed by atoms with E-state index in [1.807, 2.05) is 0 Å². The van der Waals surface area contributed by atoms with E-state index in [1.165, 1.54) is 0 Å². The third kappa shape index (κ3) is 2.94. The second-order valence-electron chi connectivity index (χ2n) is 3.28. The average molecular weight is 273 g/mol. The molecule has 0 saturated carbocycles. The van der Waals surface area contributed by atoms with E-state index in [0.29, 0.717) is 12.1 Å². The molecule has 0 spiro atoms. The maximum absolute atomic E-state index is 12.6. The van der Waals surface area contributed by atoms with E-state index in [4.69, 9.17) is 11.6 Å². The smallest absolute Gasteiger partial charge is 0.294 e. The average Bonchev–Trinajstić information content (AvgIpc) is 2.13. The molecular weight excluding hydrogens is 267 g/mol. The highest BCUT2D eigenvalue weighted by Gasteiger charge is 2.37. The van der Waals surface area contributed by atoms with Crippen molar-refractivity contribution in [3.63, 3.8) is 0 Å². The van der Waals surface area contributed by atoms with Gasteiger partial charge in [-0.2, -0.15) is 13.2 Å². The number of benzene rings is 1. The molecule has 0 unspecified atom stereocenters. The Kier molecular flexibility index (Phi) is 3.76. The van der Waals surface area contributed by atoms with Crippen LogP contribution < -0.4 is 0 Å². The molecule has 7 heteroatoms. The van der Waals surface area contributed by atoms with Crippen LogP contribution in [-0.4, -0.2) is 5.78 Å². The maximum atomic E-state index is 12.6. The van der Waals surface area contributed by atoms with Gasteiger partial charge in [0.05, 0.1) is 10.6 Å². The highest BCUT2D eigenvalue weighted by molar-refractivity contribution is 6.32. The van der Waals surface area contributed by atoms with Gasteiger partial charge in [-0.15, -0.1) is 0 Å². The molecule has 0 atom stereocenters. The minimum atomic E-state index is -4.86. The van der Waals surface area contributed by atoms with Crippen LogP contribution in [0.2, 0.25) is 5.02 Å². The van der Waals surface area contributed by atoms with Gasteiger partial charge in [-0.3, -0.25) is 4.79 Å². The normalized spacial score (nSPS) is 12.0. The van der Waals surface area contributed by atoms with Gasteiger partial charge in [0.25, 0.3) is 6.43 Å². The predicted octanol–water partition coefficient (Wildman–Crippen LogP) is 4.50. The molecule has 1 rings (SSSR count). The first-order valence-corrected chi connectivity index (χ1v) is 4.72. The van der Waals surface area contributed by atoms with Gasteiger partial charge in [-0.05, 0) is 19.1 Å². The quantitative estimate of drug-likeness (QED) is 0.572. The molecular formula is C10H6ClF5O. The van der Waals surface area contributed by atoms with Gasteiger partial charge < -0.3 is 0 Å². The van der Waals surface area contributed by atoms with Crippen molar-refractivity contribution in [1.29, 1.82) is 0 Å². The number of hydrogen-bond donors (Lipinski definition) is 0. The molecule has 94 valence electrons. The summed E-state index contributed by atoms with van der Waals surface area (Å²) in [6.45, 7) is 0.857. The zero-order valence-corrected chi connectivity index (χ0v) is 9.16. The van der Waals surface area contributed by atoms with E-state index in [-0.39, 0.29) is 0 Å². The Morgan fingerprint density at radius 1 is 1.29 bits per heavy atom. The molecule has 17 heavy (non-hydrogen) atoms. The standard InChI is InChI=1S/C10H6ClF5O/c1-4(17)6-2-5(9(12)13)3-7(11)8(6)10(14,15)16/h2-3,9H,1H3. The minimum absolute atomic E-state index is 0.515. The Labute approximate surface area is 98.2 Å². The van der Waals surface area contributed by atoms with Gasteiger partial charge in [0.1, 0.15) is 0 Å². The fourth-order valence-corrected chi connectivity index (χ4v) is 1.65. The number of hydrogen-bond acceptors (Lipinski definition) is 1. The lowest BCUT2D eigenvalue weighted by Gasteiger charge is -2.14. The molecule has 1 aromatic rings. The van der Waals surface area contributed by atoms with Crippen LogP contribution in [0, 0.1) is 0 Å². The summed E-state index contributed by atoms with van der Waals surface area (Å²) < 4.78 is 62.5. The van der Waals surface area contributed by atoms with Gasteiger partial charge in [0, 0.05) is 11.1 Å². The largest absolute Gasteiger partial charge is 0.418 e. The maximum Gasteiger partial charge on any atom is 0.418 e. The lowest BCUT2D eigenvalue weighted by atomic mass is 10.0. The fourth-order valence-electron chi connectivity index (χ4n) is 1.32. The van der Waals surface area contributed by atoms with E-state index in [2.05, 4.69) is 0 Å². The Bertz CT molecular complexity index is 453. The van der Waals surface area contributed by atoms with Gasteiger partial charge in [-0.25, -0.2) is 8.78 Å². The SMILES string of the molecule is CC(=O)c1cc(C(F)F)cc(Cl)c1C(F)(F)F. The summed E-state index contributed by atoms with van der Waals surface area (Å²) in [5.41, 5.74) is -2.94.